The third-order valence-electron chi connectivity index (χ3n) is 4.68. The number of nitrogens with two attached hydrogens (primary N) is 1. The lowest BCUT2D eigenvalue weighted by atomic mass is 9.95. The fraction of sp³-hybridized carbons (Fsp3) is 0.263. The molecular weight excluding hydrogens is 344 g/mol. The maximum Gasteiger partial charge on any atom is 0.268 e. The van der Waals surface area contributed by atoms with Crippen LogP contribution >= 0.6 is 0 Å². The number of hydrogen-bond donors (Lipinski definition) is 2. The number of aromatic amines is 1. The van der Waals surface area contributed by atoms with Gasteiger partial charge in [0.15, 0.2) is 0 Å². The summed E-state index contributed by atoms with van der Waals surface area (Å²) in [6.07, 6.45) is 0. The summed E-state index contributed by atoms with van der Waals surface area (Å²) in [6, 6.07) is 10.3. The summed E-state index contributed by atoms with van der Waals surface area (Å²) in [5.41, 5.74) is 6.10. The number of pyridine rings is 1. The monoisotopic (exact) mass is 362 g/mol. The SMILES string of the molecule is CN1CCN(C(=O)c2ccc(-c3c(C#N)c(N)[nH]c(=O)c3C#N)cc2)CC1. The van der Waals surface area contributed by atoms with Crippen LogP contribution in [-0.4, -0.2) is 53.9 Å². The van der Waals surface area contributed by atoms with Crippen molar-refractivity contribution >= 4 is 11.7 Å². The van der Waals surface area contributed by atoms with E-state index in [0.29, 0.717) is 24.2 Å². The minimum absolute atomic E-state index is 0.0318. The van der Waals surface area contributed by atoms with Gasteiger partial charge in [-0.2, -0.15) is 10.5 Å². The maximum absolute atomic E-state index is 12.6. The van der Waals surface area contributed by atoms with Crippen LogP contribution in [-0.2, 0) is 0 Å². The fourth-order valence-electron chi connectivity index (χ4n) is 3.10. The molecule has 1 aliphatic rings. The molecule has 2 aromatic rings. The number of carbonyl (C=O) groups is 1. The van der Waals surface area contributed by atoms with Crippen molar-refractivity contribution in [1.29, 1.82) is 10.5 Å². The number of rotatable bonds is 2. The molecule has 0 atom stereocenters. The lowest BCUT2D eigenvalue weighted by molar-refractivity contribution is 0.0664. The number of nitriles is 2. The normalized spacial score (nSPS) is 14.4. The molecule has 1 aromatic heterocycles. The Morgan fingerprint density at radius 3 is 2.22 bits per heavy atom. The molecule has 1 fully saturated rings. The Balaban J connectivity index is 1.98. The van der Waals surface area contributed by atoms with E-state index in [4.69, 9.17) is 5.73 Å². The van der Waals surface area contributed by atoms with E-state index < -0.39 is 5.56 Å². The summed E-state index contributed by atoms with van der Waals surface area (Å²) < 4.78 is 0. The second-order valence-corrected chi connectivity index (χ2v) is 6.39. The van der Waals surface area contributed by atoms with Gasteiger partial charge in [0.1, 0.15) is 29.1 Å². The number of piperazine rings is 1. The first-order chi connectivity index (χ1) is 13.0. The van der Waals surface area contributed by atoms with E-state index in [0.717, 1.165) is 13.1 Å². The number of aromatic nitrogens is 1. The number of nitrogens with zero attached hydrogens (tertiary/aromatic N) is 4. The number of likely N-dealkylation sites (N-methyl/N-ethyl adjacent to an activating group) is 1. The van der Waals surface area contributed by atoms with Crippen LogP contribution in [0.25, 0.3) is 11.1 Å². The predicted octanol–water partition coefficient (Wildman–Crippen LogP) is 0.755. The van der Waals surface area contributed by atoms with E-state index in [1.165, 1.54) is 0 Å². The van der Waals surface area contributed by atoms with Gasteiger partial charge in [0, 0.05) is 37.3 Å². The van der Waals surface area contributed by atoms with Crippen molar-refractivity contribution in [2.45, 2.75) is 0 Å². The highest BCUT2D eigenvalue weighted by Crippen LogP contribution is 2.28. The van der Waals surface area contributed by atoms with Gasteiger partial charge < -0.3 is 20.5 Å². The summed E-state index contributed by atoms with van der Waals surface area (Å²) in [7, 11) is 2.02. The van der Waals surface area contributed by atoms with Gasteiger partial charge in [-0.05, 0) is 24.7 Å². The topological polar surface area (TPSA) is 130 Å². The zero-order valence-corrected chi connectivity index (χ0v) is 14.8. The van der Waals surface area contributed by atoms with Crippen LogP contribution in [0.15, 0.2) is 29.1 Å². The van der Waals surface area contributed by atoms with Gasteiger partial charge in [-0.25, -0.2) is 0 Å². The van der Waals surface area contributed by atoms with Crippen LogP contribution in [0.2, 0.25) is 0 Å². The Morgan fingerprint density at radius 1 is 1.07 bits per heavy atom. The molecule has 2 heterocycles. The molecule has 3 N–H and O–H groups in total. The van der Waals surface area contributed by atoms with Crippen LogP contribution in [0, 0.1) is 22.7 Å². The third-order valence-corrected chi connectivity index (χ3v) is 4.68. The molecule has 8 nitrogen and oxygen atoms in total. The molecule has 1 aliphatic heterocycles. The Kier molecular flexibility index (Phi) is 4.93. The highest BCUT2D eigenvalue weighted by Gasteiger charge is 2.21. The van der Waals surface area contributed by atoms with Gasteiger partial charge in [0.2, 0.25) is 0 Å². The van der Waals surface area contributed by atoms with Crippen molar-refractivity contribution in [2.75, 3.05) is 39.0 Å². The molecule has 1 saturated heterocycles. The first-order valence-corrected chi connectivity index (χ1v) is 8.40. The van der Waals surface area contributed by atoms with Crippen molar-refractivity contribution in [3.05, 3.63) is 51.3 Å². The summed E-state index contributed by atoms with van der Waals surface area (Å²) in [4.78, 5) is 30.9. The smallest absolute Gasteiger partial charge is 0.268 e. The first kappa shape index (κ1) is 18.2. The van der Waals surface area contributed by atoms with Gasteiger partial charge >= 0.3 is 0 Å². The maximum atomic E-state index is 12.6. The van der Waals surface area contributed by atoms with Gasteiger partial charge in [-0.15, -0.1) is 0 Å². The number of benzene rings is 1. The van der Waals surface area contributed by atoms with Crippen LogP contribution in [0.4, 0.5) is 5.82 Å². The molecule has 0 saturated carbocycles. The summed E-state index contributed by atoms with van der Waals surface area (Å²) in [6.45, 7) is 2.98. The quantitative estimate of drug-likeness (QED) is 0.811. The van der Waals surface area contributed by atoms with Crippen LogP contribution in [0.1, 0.15) is 21.5 Å². The average Bonchev–Trinajstić information content (AvgIpc) is 2.67. The van der Waals surface area contributed by atoms with Gasteiger partial charge in [-0.1, -0.05) is 12.1 Å². The second kappa shape index (κ2) is 7.32. The molecular formula is C19H18N6O2. The molecule has 136 valence electrons. The number of carbonyl (C=O) groups excluding carboxylic acids is 1. The molecule has 0 radical (unpaired) electrons. The predicted molar refractivity (Wildman–Crippen MR) is 99.7 cm³/mol. The Morgan fingerprint density at radius 2 is 1.67 bits per heavy atom. The van der Waals surface area contributed by atoms with Crippen LogP contribution in [0.3, 0.4) is 0 Å². The average molecular weight is 362 g/mol. The summed E-state index contributed by atoms with van der Waals surface area (Å²) >= 11 is 0. The number of amides is 1. The Hall–Kier alpha value is -3.62. The largest absolute Gasteiger partial charge is 0.384 e. The molecule has 0 bridgehead atoms. The molecule has 0 unspecified atom stereocenters. The minimum atomic E-state index is -0.651. The molecule has 1 amide bonds. The van der Waals surface area contributed by atoms with Gasteiger partial charge in [-0.3, -0.25) is 9.59 Å². The van der Waals surface area contributed by atoms with Crippen molar-refractivity contribution in [3.63, 3.8) is 0 Å². The molecule has 0 aliphatic carbocycles. The van der Waals surface area contributed by atoms with E-state index >= 15 is 0 Å². The van der Waals surface area contributed by atoms with E-state index in [-0.39, 0.29) is 28.4 Å². The van der Waals surface area contributed by atoms with E-state index in [1.54, 1.807) is 29.2 Å². The van der Waals surface area contributed by atoms with E-state index in [1.807, 2.05) is 19.2 Å². The highest BCUT2D eigenvalue weighted by molar-refractivity contribution is 5.95. The molecule has 8 heteroatoms. The number of anilines is 1. The third kappa shape index (κ3) is 3.39. The lowest BCUT2D eigenvalue weighted by Crippen LogP contribution is -2.47. The zero-order chi connectivity index (χ0) is 19.6. The summed E-state index contributed by atoms with van der Waals surface area (Å²) in [5.74, 6) is -0.157. The number of H-pyrrole nitrogens is 1. The number of nitrogens with one attached hydrogen (secondary N) is 1. The van der Waals surface area contributed by atoms with Crippen molar-refractivity contribution in [1.82, 2.24) is 14.8 Å². The Labute approximate surface area is 156 Å². The molecule has 0 spiro atoms. The molecule has 1 aromatic carbocycles. The van der Waals surface area contributed by atoms with Gasteiger partial charge in [0.05, 0.1) is 0 Å². The molecule has 3 rings (SSSR count). The zero-order valence-electron chi connectivity index (χ0n) is 14.8. The summed E-state index contributed by atoms with van der Waals surface area (Å²) in [5, 5.41) is 18.7. The van der Waals surface area contributed by atoms with Crippen LogP contribution in [0.5, 0.6) is 0 Å². The van der Waals surface area contributed by atoms with Crippen molar-refractivity contribution in [2.24, 2.45) is 0 Å². The number of nitrogen functional groups attached to an aromatic ring is 1. The lowest BCUT2D eigenvalue weighted by Gasteiger charge is -2.32. The first-order valence-electron chi connectivity index (χ1n) is 8.40. The standard InChI is InChI=1S/C19H18N6O2/c1-24-6-8-25(9-7-24)19(27)13-4-2-12(3-5-13)16-14(10-20)17(22)23-18(26)15(16)11-21/h2-5H,6-9H2,1H3,(H3,22,23,26). The van der Waals surface area contributed by atoms with Crippen LogP contribution < -0.4 is 11.3 Å². The van der Waals surface area contributed by atoms with Crippen molar-refractivity contribution in [3.8, 4) is 23.3 Å². The fourth-order valence-corrected chi connectivity index (χ4v) is 3.10. The van der Waals surface area contributed by atoms with E-state index in [2.05, 4.69) is 9.88 Å². The minimum Gasteiger partial charge on any atom is -0.384 e. The molecule has 27 heavy (non-hydrogen) atoms. The van der Waals surface area contributed by atoms with Crippen molar-refractivity contribution < 1.29 is 4.79 Å². The highest BCUT2D eigenvalue weighted by atomic mass is 16.2. The van der Waals surface area contributed by atoms with Gasteiger partial charge in [0.25, 0.3) is 11.5 Å². The Bertz CT molecular complexity index is 1020. The number of hydrogen-bond acceptors (Lipinski definition) is 6. The second-order valence-electron chi connectivity index (χ2n) is 6.39. The van der Waals surface area contributed by atoms with E-state index in [9.17, 15) is 20.1 Å².